The van der Waals surface area contributed by atoms with Gasteiger partial charge in [-0.15, -0.1) is 38.2 Å². The fourth-order valence-electron chi connectivity index (χ4n) is 9.51. The Hall–Kier alpha value is -6.72. The Bertz CT molecular complexity index is 4020. The number of rotatable bonds is 6. The first-order valence-electron chi connectivity index (χ1n) is 21.7. The van der Waals surface area contributed by atoms with Crippen molar-refractivity contribution in [3.8, 4) is 62.1 Å². The van der Waals surface area contributed by atoms with Crippen LogP contribution in [0, 0.1) is 0 Å². The first-order chi connectivity index (χ1) is 33.6. The van der Waals surface area contributed by atoms with Crippen molar-refractivity contribution in [2.45, 2.75) is 0 Å². The Balaban J connectivity index is 1.19. The number of para-hydroxylation sites is 2. The molecule has 8 aromatic carbocycles. The summed E-state index contributed by atoms with van der Waals surface area (Å²) in [6, 6.07) is 36.5. The third-order valence-electron chi connectivity index (χ3n) is 13.2. The van der Waals surface area contributed by atoms with Crippen LogP contribution in [0.3, 0.4) is 0 Å². The van der Waals surface area contributed by atoms with Crippen molar-refractivity contribution in [2.75, 3.05) is 0 Å². The van der Waals surface area contributed by atoms with Gasteiger partial charge in [0.15, 0.2) is 23.1 Å². The van der Waals surface area contributed by atoms with Gasteiger partial charge < -0.3 is 8.98 Å². The Labute approximate surface area is 422 Å². The van der Waals surface area contributed by atoms with Crippen molar-refractivity contribution in [2.24, 2.45) is 0 Å². The van der Waals surface area contributed by atoms with Crippen molar-refractivity contribution < 1.29 is 4.42 Å². The number of nitrogens with zero attached hydrogens (tertiary/aromatic N) is 4. The zero-order valence-corrected chi connectivity index (χ0v) is 37.2. The lowest BCUT2D eigenvalue weighted by Gasteiger charge is -2.28. The van der Waals surface area contributed by atoms with Crippen LogP contribution in [-0.2, 0) is 0 Å². The first-order valence-corrected chi connectivity index (χ1v) is 21.7. The van der Waals surface area contributed by atoms with Gasteiger partial charge in [0.25, 0.3) is 0 Å². The van der Waals surface area contributed by atoms with E-state index in [-0.39, 0.29) is 116 Å². The fourth-order valence-corrected chi connectivity index (χ4v) is 9.51. The summed E-state index contributed by atoms with van der Waals surface area (Å²) in [6.07, 6.45) is 0. The average molecular weight is 854 g/mol. The Kier molecular flexibility index (Phi) is 11.1. The SMILES string of the molecule is [B]c1c([B])c([B])c(-c2nc(-c3c([B])c([B])c([B])c(-c4c([B])c([B])c([B])c([B])c4[B])c3[B])nc(-c3cccc4oc5c(-n6c7ccccc7c7cc(-c8ccccc8)ccc76)cccc5c34)n2)c([B])c1[B]. The quantitative estimate of drug-likeness (QED) is 0.162. The van der Waals surface area contributed by atoms with Gasteiger partial charge in [-0.1, -0.05) is 117 Å². The van der Waals surface area contributed by atoms with Crippen LogP contribution in [0.2, 0.25) is 0 Å². The van der Waals surface area contributed by atoms with Gasteiger partial charge >= 0.3 is 0 Å². The van der Waals surface area contributed by atoms with Crippen LogP contribution in [-0.4, -0.2) is 129 Å². The van der Waals surface area contributed by atoms with Crippen molar-refractivity contribution >= 4 is 230 Å². The second kappa shape index (κ2) is 17.0. The van der Waals surface area contributed by atoms with Crippen molar-refractivity contribution in [1.29, 1.82) is 0 Å². The Morgan fingerprint density at radius 1 is 0.343 bits per heavy atom. The summed E-state index contributed by atoms with van der Waals surface area (Å²) >= 11 is 0. The van der Waals surface area contributed by atoms with E-state index in [1.807, 2.05) is 66.7 Å². The van der Waals surface area contributed by atoms with Gasteiger partial charge in [0.1, 0.15) is 115 Å². The molecule has 0 spiro atoms. The zero-order chi connectivity index (χ0) is 49.2. The molecule has 0 aliphatic heterocycles. The monoisotopic (exact) mass is 856 g/mol. The van der Waals surface area contributed by atoms with E-state index in [9.17, 15) is 0 Å². The van der Waals surface area contributed by atoms with E-state index in [1.54, 1.807) is 0 Å². The van der Waals surface area contributed by atoms with Crippen LogP contribution in [0.25, 0.3) is 106 Å². The molecule has 0 aliphatic carbocycles. The summed E-state index contributed by atoms with van der Waals surface area (Å²) < 4.78 is 9.06. The zero-order valence-electron chi connectivity index (χ0n) is 37.2. The molecule has 11 aromatic rings. The number of furan rings is 1. The van der Waals surface area contributed by atoms with Crippen LogP contribution in [0.4, 0.5) is 0 Å². The molecule has 0 N–H and O–H groups in total. The molecule has 3 heterocycles. The molecule has 11 rings (SSSR count). The molecule has 0 atom stereocenters. The predicted molar refractivity (Wildman–Crippen MR) is 304 cm³/mol. The van der Waals surface area contributed by atoms with E-state index in [0.717, 1.165) is 44.0 Å². The molecule has 290 valence electrons. The van der Waals surface area contributed by atoms with E-state index in [1.165, 1.54) is 0 Å². The minimum absolute atomic E-state index is 0.0137. The number of hydrogen-bond acceptors (Lipinski definition) is 4. The number of hydrogen-bond donors (Lipinski definition) is 0. The number of fused-ring (bicyclic) bond motifs is 6. The van der Waals surface area contributed by atoms with Gasteiger partial charge in [-0.3, -0.25) is 0 Å². The lowest BCUT2D eigenvalue weighted by atomic mass is 9.56. The van der Waals surface area contributed by atoms with Crippen LogP contribution >= 0.6 is 0 Å². The highest BCUT2D eigenvalue weighted by Crippen LogP contribution is 2.41. The molecule has 0 unspecified atom stereocenters. The second-order valence-electron chi connectivity index (χ2n) is 17.0. The molecule has 0 saturated carbocycles. The lowest BCUT2D eigenvalue weighted by Crippen LogP contribution is -2.57. The van der Waals surface area contributed by atoms with E-state index in [0.29, 0.717) is 22.1 Å². The van der Waals surface area contributed by atoms with Crippen LogP contribution in [0.1, 0.15) is 0 Å². The van der Waals surface area contributed by atoms with Crippen molar-refractivity contribution in [3.05, 3.63) is 109 Å². The normalized spacial score (nSPS) is 11.7. The Morgan fingerprint density at radius 2 is 0.814 bits per heavy atom. The van der Waals surface area contributed by atoms with Crippen LogP contribution in [0.5, 0.6) is 0 Å². The van der Waals surface area contributed by atoms with Crippen molar-refractivity contribution in [3.63, 3.8) is 0 Å². The standard InChI is InChI=1S/C51H18B14N4O/c52-34-30(31-36(54)42(60)46(64)43(61)37(31)55)35(53)41(59)38(56)32(34)50-66-49(67-51(68-50)33-39(57)44(62)47(65)45(63)40(33)58)23-12-7-15-28-29(23)22-11-6-14-27(48(22)70-28)69-25-13-5-4-10-21(25)24-18-20(16-17-26(24)69)19-8-2-1-3-9-19/h1-18H. The largest absolute Gasteiger partial charge is 0.454 e. The van der Waals surface area contributed by atoms with Gasteiger partial charge in [-0.2, -0.15) is 0 Å². The highest BCUT2D eigenvalue weighted by Gasteiger charge is 2.26. The molecule has 0 bridgehead atoms. The predicted octanol–water partition coefficient (Wildman–Crippen LogP) is -3.68. The van der Waals surface area contributed by atoms with Gasteiger partial charge in [-0.25, -0.2) is 15.0 Å². The average Bonchev–Trinajstić information content (AvgIpc) is 3.93. The maximum atomic E-state index is 7.06. The van der Waals surface area contributed by atoms with Gasteiger partial charge in [0.2, 0.25) is 0 Å². The van der Waals surface area contributed by atoms with E-state index < -0.39 is 0 Å². The molecule has 28 radical (unpaired) electrons. The summed E-state index contributed by atoms with van der Waals surface area (Å²) in [6.45, 7) is 0. The first kappa shape index (κ1) is 45.7. The van der Waals surface area contributed by atoms with Crippen molar-refractivity contribution in [1.82, 2.24) is 19.5 Å². The maximum Gasteiger partial charge on any atom is 0.164 e. The van der Waals surface area contributed by atoms with E-state index in [4.69, 9.17) is 129 Å². The smallest absolute Gasteiger partial charge is 0.164 e. The summed E-state index contributed by atoms with van der Waals surface area (Å²) in [5.74, 6) is -0.0720. The molecule has 0 saturated heterocycles. The minimum atomic E-state index is -0.104. The van der Waals surface area contributed by atoms with Gasteiger partial charge in [-0.05, 0) is 52.6 Å². The van der Waals surface area contributed by atoms with Gasteiger partial charge in [0, 0.05) is 38.2 Å². The summed E-state index contributed by atoms with van der Waals surface area (Å²) in [7, 11) is 91.4. The topological polar surface area (TPSA) is 56.7 Å². The molecule has 70 heavy (non-hydrogen) atoms. The molecule has 0 aliphatic rings. The number of benzene rings is 8. The maximum absolute atomic E-state index is 7.06. The van der Waals surface area contributed by atoms with Crippen LogP contribution < -0.4 is 76.5 Å². The number of aromatic nitrogens is 4. The molecule has 3 aromatic heterocycles. The van der Waals surface area contributed by atoms with Crippen LogP contribution in [0.15, 0.2) is 114 Å². The highest BCUT2D eigenvalue weighted by molar-refractivity contribution is 6.71. The fraction of sp³-hybridized carbons (Fsp3) is 0. The minimum Gasteiger partial charge on any atom is -0.454 e. The summed E-state index contributed by atoms with van der Waals surface area (Å²) in [4.78, 5) is 14.9. The summed E-state index contributed by atoms with van der Waals surface area (Å²) in [5.41, 5.74) is 6.05. The third kappa shape index (κ3) is 6.78. The van der Waals surface area contributed by atoms with E-state index in [2.05, 4.69) is 47.0 Å². The highest BCUT2D eigenvalue weighted by atomic mass is 16.3. The van der Waals surface area contributed by atoms with Gasteiger partial charge in [0.05, 0.1) is 16.7 Å². The molecular weight excluding hydrogens is 836 g/mol. The molecule has 5 nitrogen and oxygen atoms in total. The molecular formula is C51H18B14N4O. The Morgan fingerprint density at radius 3 is 1.44 bits per heavy atom. The third-order valence-corrected chi connectivity index (χ3v) is 13.2. The molecule has 0 amide bonds. The second-order valence-corrected chi connectivity index (χ2v) is 17.0. The summed E-state index contributed by atoms with van der Waals surface area (Å²) in [5, 5.41) is 3.58. The van der Waals surface area contributed by atoms with E-state index >= 15 is 0 Å². The lowest BCUT2D eigenvalue weighted by molar-refractivity contribution is 0.666. The molecule has 0 fully saturated rings. The molecule has 19 heteroatoms.